The minimum absolute atomic E-state index is 0.850. The monoisotopic (exact) mass is 191 g/mol. The van der Waals surface area contributed by atoms with Crippen LogP contribution in [0.5, 0.6) is 5.75 Å². The van der Waals surface area contributed by atoms with E-state index in [9.17, 15) is 0 Å². The summed E-state index contributed by atoms with van der Waals surface area (Å²) in [6.07, 6.45) is 1.07. The summed E-state index contributed by atoms with van der Waals surface area (Å²) in [4.78, 5) is 2.30. The molecule has 0 fully saturated rings. The van der Waals surface area contributed by atoms with Crippen molar-refractivity contribution in [2.75, 3.05) is 20.2 Å². The lowest BCUT2D eigenvalue weighted by molar-refractivity contribution is 0.345. The molecule has 2 nitrogen and oxygen atoms in total. The fourth-order valence-electron chi connectivity index (χ4n) is 1.76. The summed E-state index contributed by atoms with van der Waals surface area (Å²) in [7, 11) is 2.14. The minimum atomic E-state index is 0.850. The van der Waals surface area contributed by atoms with E-state index in [4.69, 9.17) is 4.74 Å². The molecule has 14 heavy (non-hydrogen) atoms. The van der Waals surface area contributed by atoms with Gasteiger partial charge >= 0.3 is 0 Å². The van der Waals surface area contributed by atoms with E-state index in [2.05, 4.69) is 37.1 Å². The number of rotatable bonds is 3. The van der Waals surface area contributed by atoms with Crippen molar-refractivity contribution in [3.8, 4) is 5.75 Å². The molecule has 1 aromatic carbocycles. The van der Waals surface area contributed by atoms with Crippen LogP contribution in [0.2, 0.25) is 0 Å². The summed E-state index contributed by atoms with van der Waals surface area (Å²) >= 11 is 0. The number of fused-ring (bicyclic) bond motifs is 1. The molecule has 0 radical (unpaired) electrons. The second kappa shape index (κ2) is 4.01. The molecule has 76 valence electrons. The summed E-state index contributed by atoms with van der Waals surface area (Å²) in [5.74, 6) is 1.08. The number of hydrogen-bond acceptors (Lipinski definition) is 2. The smallest absolute Gasteiger partial charge is 0.122 e. The SMILES string of the molecule is CCN(C)Cc1ccc2c(c1)CCO2. The van der Waals surface area contributed by atoms with Crippen molar-refractivity contribution in [3.63, 3.8) is 0 Å². The molecule has 1 aliphatic rings. The maximum Gasteiger partial charge on any atom is 0.122 e. The first-order valence-electron chi connectivity index (χ1n) is 5.22. The van der Waals surface area contributed by atoms with E-state index in [0.29, 0.717) is 0 Å². The first-order chi connectivity index (χ1) is 6.79. The van der Waals surface area contributed by atoms with E-state index >= 15 is 0 Å². The first-order valence-corrected chi connectivity index (χ1v) is 5.22. The zero-order valence-corrected chi connectivity index (χ0v) is 8.92. The van der Waals surface area contributed by atoms with Gasteiger partial charge in [-0.2, -0.15) is 0 Å². The summed E-state index contributed by atoms with van der Waals surface area (Å²) in [5, 5.41) is 0. The van der Waals surface area contributed by atoms with Gasteiger partial charge in [-0.15, -0.1) is 0 Å². The molecule has 2 heteroatoms. The standard InChI is InChI=1S/C12H17NO/c1-3-13(2)9-10-4-5-12-11(8-10)6-7-14-12/h4-5,8H,3,6-7,9H2,1-2H3. The summed E-state index contributed by atoms with van der Waals surface area (Å²) in [5.41, 5.74) is 2.76. The molecule has 0 saturated carbocycles. The van der Waals surface area contributed by atoms with Gasteiger partial charge in [-0.1, -0.05) is 19.1 Å². The van der Waals surface area contributed by atoms with Crippen molar-refractivity contribution >= 4 is 0 Å². The second-order valence-corrected chi connectivity index (χ2v) is 3.87. The normalized spacial score (nSPS) is 14.2. The topological polar surface area (TPSA) is 12.5 Å². The van der Waals surface area contributed by atoms with Crippen LogP contribution in [0.25, 0.3) is 0 Å². The lowest BCUT2D eigenvalue weighted by Gasteiger charge is -2.14. The van der Waals surface area contributed by atoms with Crippen LogP contribution in [-0.4, -0.2) is 25.1 Å². The molecule has 0 bridgehead atoms. The Balaban J connectivity index is 2.12. The van der Waals surface area contributed by atoms with Gasteiger partial charge in [0, 0.05) is 13.0 Å². The van der Waals surface area contributed by atoms with E-state index in [-0.39, 0.29) is 0 Å². The van der Waals surface area contributed by atoms with Crippen LogP contribution in [0.1, 0.15) is 18.1 Å². The molecule has 1 heterocycles. The molecule has 0 amide bonds. The fraction of sp³-hybridized carbons (Fsp3) is 0.500. The third-order valence-electron chi connectivity index (χ3n) is 2.75. The van der Waals surface area contributed by atoms with Crippen LogP contribution in [0.15, 0.2) is 18.2 Å². The van der Waals surface area contributed by atoms with Crippen molar-refractivity contribution in [1.82, 2.24) is 4.90 Å². The zero-order valence-electron chi connectivity index (χ0n) is 8.92. The van der Waals surface area contributed by atoms with E-state index in [1.54, 1.807) is 0 Å². The van der Waals surface area contributed by atoms with Gasteiger partial charge in [0.15, 0.2) is 0 Å². The molecule has 0 atom stereocenters. The first kappa shape index (κ1) is 9.53. The van der Waals surface area contributed by atoms with E-state index in [1.165, 1.54) is 11.1 Å². The highest BCUT2D eigenvalue weighted by atomic mass is 16.5. The van der Waals surface area contributed by atoms with Crippen LogP contribution in [0.3, 0.4) is 0 Å². The van der Waals surface area contributed by atoms with Crippen molar-refractivity contribution in [2.24, 2.45) is 0 Å². The van der Waals surface area contributed by atoms with Gasteiger partial charge in [0.25, 0.3) is 0 Å². The van der Waals surface area contributed by atoms with Gasteiger partial charge < -0.3 is 9.64 Å². The number of hydrogen-bond donors (Lipinski definition) is 0. The number of ether oxygens (including phenoxy) is 1. The number of benzene rings is 1. The summed E-state index contributed by atoms with van der Waals surface area (Å²) < 4.78 is 5.47. The number of nitrogens with zero attached hydrogens (tertiary/aromatic N) is 1. The Morgan fingerprint density at radius 3 is 3.07 bits per heavy atom. The van der Waals surface area contributed by atoms with Crippen LogP contribution in [0, 0.1) is 0 Å². The molecule has 0 spiro atoms. The Morgan fingerprint density at radius 1 is 1.43 bits per heavy atom. The van der Waals surface area contributed by atoms with Gasteiger partial charge in [-0.25, -0.2) is 0 Å². The Bertz CT molecular complexity index is 322. The molecule has 1 aromatic rings. The fourth-order valence-corrected chi connectivity index (χ4v) is 1.76. The molecule has 0 aromatic heterocycles. The molecule has 0 aliphatic carbocycles. The summed E-state index contributed by atoms with van der Waals surface area (Å²) in [6, 6.07) is 6.53. The molecular formula is C12H17NO. The highest BCUT2D eigenvalue weighted by Crippen LogP contribution is 2.26. The summed E-state index contributed by atoms with van der Waals surface area (Å²) in [6.45, 7) is 5.15. The van der Waals surface area contributed by atoms with E-state index in [1.807, 2.05) is 0 Å². The highest BCUT2D eigenvalue weighted by Gasteiger charge is 2.11. The van der Waals surface area contributed by atoms with Gasteiger partial charge in [0.05, 0.1) is 6.61 Å². The molecular weight excluding hydrogens is 174 g/mol. The van der Waals surface area contributed by atoms with Crippen LogP contribution in [-0.2, 0) is 13.0 Å². The Kier molecular flexibility index (Phi) is 2.73. The Morgan fingerprint density at radius 2 is 2.29 bits per heavy atom. The van der Waals surface area contributed by atoms with Crippen molar-refractivity contribution in [3.05, 3.63) is 29.3 Å². The van der Waals surface area contributed by atoms with Crippen LogP contribution in [0.4, 0.5) is 0 Å². The Labute approximate surface area is 85.5 Å². The van der Waals surface area contributed by atoms with Crippen molar-refractivity contribution < 1.29 is 4.74 Å². The van der Waals surface area contributed by atoms with Gasteiger partial charge in [-0.3, -0.25) is 0 Å². The molecule has 0 saturated heterocycles. The van der Waals surface area contributed by atoms with Gasteiger partial charge in [-0.05, 0) is 30.8 Å². The third kappa shape index (κ3) is 1.90. The molecule has 0 N–H and O–H groups in total. The average Bonchev–Trinajstić information content (AvgIpc) is 2.64. The van der Waals surface area contributed by atoms with E-state index in [0.717, 1.165) is 31.9 Å². The predicted octanol–water partition coefficient (Wildman–Crippen LogP) is 2.07. The van der Waals surface area contributed by atoms with Gasteiger partial charge in [0.1, 0.15) is 5.75 Å². The van der Waals surface area contributed by atoms with E-state index < -0.39 is 0 Å². The van der Waals surface area contributed by atoms with Crippen LogP contribution >= 0.6 is 0 Å². The largest absolute Gasteiger partial charge is 0.493 e. The molecule has 0 unspecified atom stereocenters. The third-order valence-corrected chi connectivity index (χ3v) is 2.75. The zero-order chi connectivity index (χ0) is 9.97. The maximum absolute atomic E-state index is 5.47. The highest BCUT2D eigenvalue weighted by molar-refractivity contribution is 5.39. The lowest BCUT2D eigenvalue weighted by atomic mass is 10.1. The predicted molar refractivity (Wildman–Crippen MR) is 57.6 cm³/mol. The average molecular weight is 191 g/mol. The maximum atomic E-state index is 5.47. The van der Waals surface area contributed by atoms with Crippen LogP contribution < -0.4 is 4.74 Å². The lowest BCUT2D eigenvalue weighted by Crippen LogP contribution is -2.16. The minimum Gasteiger partial charge on any atom is -0.493 e. The molecule has 1 aliphatic heterocycles. The van der Waals surface area contributed by atoms with Crippen molar-refractivity contribution in [2.45, 2.75) is 19.9 Å². The van der Waals surface area contributed by atoms with Crippen molar-refractivity contribution in [1.29, 1.82) is 0 Å². The quantitative estimate of drug-likeness (QED) is 0.725. The second-order valence-electron chi connectivity index (χ2n) is 3.87. The Hall–Kier alpha value is -1.02. The van der Waals surface area contributed by atoms with Gasteiger partial charge in [0.2, 0.25) is 0 Å². The molecule has 2 rings (SSSR count).